The van der Waals surface area contributed by atoms with Gasteiger partial charge in [0.2, 0.25) is 0 Å². The van der Waals surface area contributed by atoms with E-state index in [1.54, 1.807) is 12.1 Å². The molecule has 1 N–H and O–H groups in total. The lowest BCUT2D eigenvalue weighted by Gasteiger charge is -2.41. The van der Waals surface area contributed by atoms with Gasteiger partial charge in [-0.05, 0) is 38.0 Å². The maximum atomic E-state index is 13.0. The van der Waals surface area contributed by atoms with Crippen LogP contribution in [0.3, 0.4) is 0 Å². The molecule has 4 heteroatoms. The number of aromatic nitrogens is 2. The lowest BCUT2D eigenvalue weighted by atomic mass is 9.94. The van der Waals surface area contributed by atoms with E-state index in [0.29, 0.717) is 6.04 Å². The molecule has 3 rings (SSSR count). The predicted octanol–water partition coefficient (Wildman–Crippen LogP) is 3.11. The van der Waals surface area contributed by atoms with E-state index in [2.05, 4.69) is 22.0 Å². The standard InChI is InChI=1S/C15H18FN3/c1-10-14(11(2)18-17-10)9-19-8-7-15(19)12-3-5-13(16)6-4-12/h3-6,15H,7-9H2,1-2H3,(H,17,18). The molecule has 1 atom stereocenters. The Labute approximate surface area is 112 Å². The summed E-state index contributed by atoms with van der Waals surface area (Å²) in [6.45, 7) is 6.09. The molecule has 1 unspecified atom stereocenters. The summed E-state index contributed by atoms with van der Waals surface area (Å²) >= 11 is 0. The number of halogens is 1. The lowest BCUT2D eigenvalue weighted by molar-refractivity contribution is 0.0814. The summed E-state index contributed by atoms with van der Waals surface area (Å²) in [5.74, 6) is -0.170. The zero-order valence-electron chi connectivity index (χ0n) is 11.3. The minimum atomic E-state index is -0.170. The zero-order chi connectivity index (χ0) is 13.4. The first-order valence-electron chi connectivity index (χ1n) is 6.65. The average Bonchev–Trinajstić information content (AvgIpc) is 2.68. The molecule has 3 nitrogen and oxygen atoms in total. The Morgan fingerprint density at radius 3 is 2.58 bits per heavy atom. The number of H-pyrrole nitrogens is 1. The first-order chi connectivity index (χ1) is 9.15. The van der Waals surface area contributed by atoms with Gasteiger partial charge in [0.25, 0.3) is 0 Å². The molecule has 19 heavy (non-hydrogen) atoms. The summed E-state index contributed by atoms with van der Waals surface area (Å²) in [6.07, 6.45) is 1.14. The minimum absolute atomic E-state index is 0.170. The molecule has 1 aromatic carbocycles. The monoisotopic (exact) mass is 259 g/mol. The molecule has 1 aliphatic rings. The van der Waals surface area contributed by atoms with Gasteiger partial charge in [-0.2, -0.15) is 5.10 Å². The molecule has 2 heterocycles. The minimum Gasteiger partial charge on any atom is -0.292 e. The van der Waals surface area contributed by atoms with Crippen LogP contribution < -0.4 is 0 Å². The average molecular weight is 259 g/mol. The summed E-state index contributed by atoms with van der Waals surface area (Å²) in [5.41, 5.74) is 4.70. The summed E-state index contributed by atoms with van der Waals surface area (Å²) < 4.78 is 13.0. The van der Waals surface area contributed by atoms with Crippen molar-refractivity contribution in [3.05, 3.63) is 52.6 Å². The molecule has 0 bridgehead atoms. The van der Waals surface area contributed by atoms with Crippen molar-refractivity contribution in [3.63, 3.8) is 0 Å². The Hall–Kier alpha value is -1.68. The van der Waals surface area contributed by atoms with Gasteiger partial charge >= 0.3 is 0 Å². The van der Waals surface area contributed by atoms with Crippen LogP contribution in [0.4, 0.5) is 4.39 Å². The quantitative estimate of drug-likeness (QED) is 0.918. The molecule has 0 spiro atoms. The highest BCUT2D eigenvalue weighted by molar-refractivity contribution is 5.26. The van der Waals surface area contributed by atoms with Crippen LogP contribution in [0.15, 0.2) is 24.3 Å². The number of hydrogen-bond donors (Lipinski definition) is 1. The van der Waals surface area contributed by atoms with Crippen LogP contribution in [-0.2, 0) is 6.54 Å². The molecule has 1 aromatic heterocycles. The van der Waals surface area contributed by atoms with Crippen molar-refractivity contribution in [2.45, 2.75) is 32.9 Å². The fourth-order valence-corrected chi connectivity index (χ4v) is 2.70. The van der Waals surface area contributed by atoms with Gasteiger partial charge in [0.15, 0.2) is 0 Å². The third-order valence-electron chi connectivity index (χ3n) is 4.03. The van der Waals surface area contributed by atoms with Crippen molar-refractivity contribution < 1.29 is 4.39 Å². The van der Waals surface area contributed by atoms with E-state index in [4.69, 9.17) is 0 Å². The van der Waals surface area contributed by atoms with Crippen LogP contribution in [0, 0.1) is 19.7 Å². The SMILES string of the molecule is Cc1n[nH]c(C)c1CN1CCC1c1ccc(F)cc1. The Balaban J connectivity index is 1.75. The molecule has 1 saturated heterocycles. The van der Waals surface area contributed by atoms with Crippen LogP contribution in [0.1, 0.15) is 35.0 Å². The highest BCUT2D eigenvalue weighted by Crippen LogP contribution is 2.35. The van der Waals surface area contributed by atoms with Crippen LogP contribution in [-0.4, -0.2) is 21.6 Å². The normalized spacial score (nSPS) is 19.4. The topological polar surface area (TPSA) is 31.9 Å². The third-order valence-corrected chi connectivity index (χ3v) is 4.03. The number of rotatable bonds is 3. The predicted molar refractivity (Wildman–Crippen MR) is 72.2 cm³/mol. The van der Waals surface area contributed by atoms with E-state index in [1.807, 2.05) is 19.1 Å². The van der Waals surface area contributed by atoms with Gasteiger partial charge in [0, 0.05) is 30.4 Å². The van der Waals surface area contributed by atoms with Gasteiger partial charge in [-0.25, -0.2) is 4.39 Å². The fourth-order valence-electron chi connectivity index (χ4n) is 2.70. The smallest absolute Gasteiger partial charge is 0.123 e. The van der Waals surface area contributed by atoms with E-state index < -0.39 is 0 Å². The Morgan fingerprint density at radius 1 is 1.32 bits per heavy atom. The Bertz CT molecular complexity index is 554. The second-order valence-corrected chi connectivity index (χ2v) is 5.24. The van der Waals surface area contributed by atoms with Crippen molar-refractivity contribution in [2.75, 3.05) is 6.54 Å². The number of nitrogens with one attached hydrogen (secondary N) is 1. The second kappa shape index (κ2) is 4.78. The molecule has 1 aliphatic heterocycles. The second-order valence-electron chi connectivity index (χ2n) is 5.24. The van der Waals surface area contributed by atoms with Gasteiger partial charge in [-0.1, -0.05) is 12.1 Å². The molecule has 0 saturated carbocycles. The number of aryl methyl sites for hydroxylation is 2. The number of nitrogens with zero attached hydrogens (tertiary/aromatic N) is 2. The largest absolute Gasteiger partial charge is 0.292 e. The lowest BCUT2D eigenvalue weighted by Crippen LogP contribution is -2.40. The molecular weight excluding hydrogens is 241 g/mol. The molecule has 0 amide bonds. The van der Waals surface area contributed by atoms with Crippen molar-refractivity contribution in [1.29, 1.82) is 0 Å². The molecule has 1 fully saturated rings. The van der Waals surface area contributed by atoms with Gasteiger partial charge in [-0.3, -0.25) is 10.00 Å². The van der Waals surface area contributed by atoms with Crippen LogP contribution >= 0.6 is 0 Å². The number of hydrogen-bond acceptors (Lipinski definition) is 2. The van der Waals surface area contributed by atoms with Crippen molar-refractivity contribution >= 4 is 0 Å². The van der Waals surface area contributed by atoms with E-state index in [-0.39, 0.29) is 5.82 Å². The Morgan fingerprint density at radius 2 is 2.05 bits per heavy atom. The molecular formula is C15H18FN3. The van der Waals surface area contributed by atoms with Gasteiger partial charge < -0.3 is 0 Å². The van der Waals surface area contributed by atoms with Crippen LogP contribution in [0.25, 0.3) is 0 Å². The summed E-state index contributed by atoms with van der Waals surface area (Å²) in [6, 6.07) is 7.28. The fraction of sp³-hybridized carbons (Fsp3) is 0.400. The summed E-state index contributed by atoms with van der Waals surface area (Å²) in [4.78, 5) is 2.41. The van der Waals surface area contributed by atoms with E-state index in [0.717, 1.165) is 30.9 Å². The zero-order valence-corrected chi connectivity index (χ0v) is 11.3. The van der Waals surface area contributed by atoms with Crippen molar-refractivity contribution in [2.24, 2.45) is 0 Å². The maximum Gasteiger partial charge on any atom is 0.123 e. The molecule has 2 aromatic rings. The molecule has 0 aliphatic carbocycles. The maximum absolute atomic E-state index is 13.0. The van der Waals surface area contributed by atoms with Crippen molar-refractivity contribution in [3.8, 4) is 0 Å². The first kappa shape index (κ1) is 12.4. The number of benzene rings is 1. The third kappa shape index (κ3) is 2.28. The van der Waals surface area contributed by atoms with Gasteiger partial charge in [0.1, 0.15) is 5.82 Å². The van der Waals surface area contributed by atoms with Gasteiger partial charge in [-0.15, -0.1) is 0 Å². The van der Waals surface area contributed by atoms with E-state index in [1.165, 1.54) is 11.1 Å². The Kier molecular flexibility index (Phi) is 3.11. The highest BCUT2D eigenvalue weighted by Gasteiger charge is 2.30. The summed E-state index contributed by atoms with van der Waals surface area (Å²) in [7, 11) is 0. The molecule has 100 valence electrons. The highest BCUT2D eigenvalue weighted by atomic mass is 19.1. The van der Waals surface area contributed by atoms with E-state index >= 15 is 0 Å². The summed E-state index contributed by atoms with van der Waals surface area (Å²) in [5, 5.41) is 7.26. The number of likely N-dealkylation sites (tertiary alicyclic amines) is 1. The number of aromatic amines is 1. The van der Waals surface area contributed by atoms with Crippen LogP contribution in [0.2, 0.25) is 0 Å². The van der Waals surface area contributed by atoms with Crippen LogP contribution in [0.5, 0.6) is 0 Å². The van der Waals surface area contributed by atoms with Crippen molar-refractivity contribution in [1.82, 2.24) is 15.1 Å². The first-order valence-corrected chi connectivity index (χ1v) is 6.65. The molecule has 0 radical (unpaired) electrons. The van der Waals surface area contributed by atoms with Gasteiger partial charge in [0.05, 0.1) is 5.69 Å². The van der Waals surface area contributed by atoms with E-state index in [9.17, 15) is 4.39 Å².